The number of amides is 1. The number of nitrogens with one attached hydrogen (secondary N) is 2. The molecule has 4 heterocycles. The molecule has 1 atom stereocenters. The molecule has 1 aliphatic heterocycles. The van der Waals surface area contributed by atoms with E-state index in [9.17, 15) is 26.4 Å². The van der Waals surface area contributed by atoms with Crippen LogP contribution in [0.3, 0.4) is 0 Å². The van der Waals surface area contributed by atoms with Crippen LogP contribution in [0.2, 0.25) is 5.02 Å². The number of anilines is 1. The number of hydrogen-bond donors (Lipinski definition) is 2. The van der Waals surface area contributed by atoms with Gasteiger partial charge in [0.15, 0.2) is 5.65 Å². The van der Waals surface area contributed by atoms with Crippen molar-refractivity contribution in [1.82, 2.24) is 29.6 Å². The number of pyridine rings is 1. The fourth-order valence-electron chi connectivity index (χ4n) is 4.41. The van der Waals surface area contributed by atoms with Gasteiger partial charge in [-0.3, -0.25) is 9.78 Å². The summed E-state index contributed by atoms with van der Waals surface area (Å²) in [7, 11) is -4.05. The largest absolute Gasteiger partial charge is 0.405 e. The highest BCUT2D eigenvalue weighted by atomic mass is 35.5. The van der Waals surface area contributed by atoms with Gasteiger partial charge in [0.05, 0.1) is 28.0 Å². The highest BCUT2D eigenvalue weighted by Gasteiger charge is 2.34. The second-order valence-corrected chi connectivity index (χ2v) is 11.4. The summed E-state index contributed by atoms with van der Waals surface area (Å²) in [4.78, 5) is 27.4. The summed E-state index contributed by atoms with van der Waals surface area (Å²) in [6.45, 7) is 1.23. The van der Waals surface area contributed by atoms with E-state index in [-0.39, 0.29) is 40.2 Å². The maximum atomic E-state index is 13.6. The average Bonchev–Trinajstić information content (AvgIpc) is 3.31. The zero-order valence-corrected chi connectivity index (χ0v) is 22.6. The van der Waals surface area contributed by atoms with E-state index in [0.29, 0.717) is 17.5 Å². The number of alkyl halides is 3. The Bertz CT molecular complexity index is 1680. The van der Waals surface area contributed by atoms with E-state index in [4.69, 9.17) is 11.6 Å². The van der Waals surface area contributed by atoms with Crippen LogP contribution in [0.4, 0.5) is 19.0 Å². The van der Waals surface area contributed by atoms with Crippen molar-refractivity contribution in [3.8, 4) is 11.3 Å². The third-order valence-electron chi connectivity index (χ3n) is 6.36. The molecule has 1 aromatic carbocycles. The van der Waals surface area contributed by atoms with Gasteiger partial charge in [-0.1, -0.05) is 29.3 Å². The molecule has 210 valence electrons. The van der Waals surface area contributed by atoms with Crippen LogP contribution in [0.25, 0.3) is 22.3 Å². The summed E-state index contributed by atoms with van der Waals surface area (Å²) in [5.74, 6) is -0.572. The van der Waals surface area contributed by atoms with E-state index >= 15 is 0 Å². The number of aromatic nitrogens is 4. The van der Waals surface area contributed by atoms with Crippen molar-refractivity contribution in [3.05, 3.63) is 65.7 Å². The fraction of sp³-hybridized carbons (Fsp3) is 0.280. The summed E-state index contributed by atoms with van der Waals surface area (Å²) >= 11 is 6.21. The standard InChI is InChI=1S/C25H23ClF3N7O3S/c1-15-2-4-17(5-3-15)40(38,39)36-13-19(18-8-16(26)9-32-23(18)36)20-10-31-12-22(34-20)35-7-6-30-11-21(35)24(37)33-14-25(27,28)29/h2-5,8-10,12-13,21,30H,6-7,11,14H2,1H3,(H,33,37)/t21-/m1/s1. The SMILES string of the molecule is Cc1ccc(S(=O)(=O)n2cc(-c3cncc(N4CCNC[C@@H]4C(=O)NCC(F)(F)F)n3)c3cc(Cl)cnc32)cc1. The van der Waals surface area contributed by atoms with Crippen LogP contribution in [0.15, 0.2) is 60.0 Å². The zero-order chi connectivity index (χ0) is 28.7. The Morgan fingerprint density at radius 3 is 2.67 bits per heavy atom. The first-order valence-corrected chi connectivity index (χ1v) is 13.9. The maximum absolute atomic E-state index is 13.6. The van der Waals surface area contributed by atoms with E-state index < -0.39 is 34.7 Å². The molecule has 1 amide bonds. The van der Waals surface area contributed by atoms with E-state index in [2.05, 4.69) is 20.3 Å². The van der Waals surface area contributed by atoms with Crippen LogP contribution >= 0.6 is 11.6 Å². The van der Waals surface area contributed by atoms with Crippen molar-refractivity contribution in [2.45, 2.75) is 24.0 Å². The van der Waals surface area contributed by atoms with Gasteiger partial charge >= 0.3 is 6.18 Å². The topological polar surface area (TPSA) is 122 Å². The number of rotatable bonds is 6. The number of carbonyl (C=O) groups excluding carboxylic acids is 1. The molecule has 15 heteroatoms. The van der Waals surface area contributed by atoms with Crippen LogP contribution in [0.5, 0.6) is 0 Å². The molecule has 1 saturated heterocycles. The minimum atomic E-state index is -4.55. The fourth-order valence-corrected chi connectivity index (χ4v) is 5.89. The summed E-state index contributed by atoms with van der Waals surface area (Å²) in [6, 6.07) is 6.97. The summed E-state index contributed by atoms with van der Waals surface area (Å²) in [5.41, 5.74) is 1.65. The van der Waals surface area contributed by atoms with Gasteiger partial charge in [-0.05, 0) is 25.1 Å². The predicted molar refractivity (Wildman–Crippen MR) is 143 cm³/mol. The lowest BCUT2D eigenvalue weighted by Gasteiger charge is -2.36. The average molecular weight is 594 g/mol. The third kappa shape index (κ3) is 5.60. The van der Waals surface area contributed by atoms with Crippen molar-refractivity contribution < 1.29 is 26.4 Å². The molecule has 2 N–H and O–H groups in total. The molecule has 5 rings (SSSR count). The van der Waals surface area contributed by atoms with Gasteiger partial charge in [0.1, 0.15) is 18.4 Å². The molecule has 0 saturated carbocycles. The number of nitrogens with zero attached hydrogens (tertiary/aromatic N) is 5. The molecule has 0 radical (unpaired) electrons. The number of carbonyl (C=O) groups is 1. The number of halogens is 4. The Morgan fingerprint density at radius 2 is 1.95 bits per heavy atom. The summed E-state index contributed by atoms with van der Waals surface area (Å²) in [6.07, 6.45) is 0.976. The lowest BCUT2D eigenvalue weighted by Crippen LogP contribution is -2.59. The second kappa shape index (κ2) is 10.7. The number of hydrogen-bond acceptors (Lipinski definition) is 8. The Hall–Kier alpha value is -3.75. The molecular weight excluding hydrogens is 571 g/mol. The monoisotopic (exact) mass is 593 g/mol. The van der Waals surface area contributed by atoms with Gasteiger partial charge in [-0.2, -0.15) is 13.2 Å². The van der Waals surface area contributed by atoms with Crippen LogP contribution in [0, 0.1) is 6.92 Å². The van der Waals surface area contributed by atoms with Crippen molar-refractivity contribution in [3.63, 3.8) is 0 Å². The summed E-state index contributed by atoms with van der Waals surface area (Å²) < 4.78 is 66.2. The molecule has 4 aromatic rings. The van der Waals surface area contributed by atoms with Gasteiger partial charge in [0.2, 0.25) is 5.91 Å². The number of benzene rings is 1. The molecular formula is C25H23ClF3N7O3S. The smallest absolute Gasteiger partial charge is 0.345 e. The van der Waals surface area contributed by atoms with Crippen molar-refractivity contribution >= 4 is 44.4 Å². The molecule has 1 fully saturated rings. The number of aryl methyl sites for hydroxylation is 1. The molecule has 3 aromatic heterocycles. The third-order valence-corrected chi connectivity index (χ3v) is 8.23. The first-order chi connectivity index (χ1) is 18.9. The molecule has 0 spiro atoms. The van der Waals surface area contributed by atoms with E-state index in [0.717, 1.165) is 9.54 Å². The second-order valence-electron chi connectivity index (χ2n) is 9.19. The molecule has 0 aliphatic carbocycles. The minimum absolute atomic E-state index is 0.0617. The lowest BCUT2D eigenvalue weighted by atomic mass is 10.1. The molecule has 1 aliphatic rings. The van der Waals surface area contributed by atoms with Gasteiger partial charge in [0, 0.05) is 43.0 Å². The van der Waals surface area contributed by atoms with Gasteiger partial charge in [0.25, 0.3) is 10.0 Å². The van der Waals surface area contributed by atoms with E-state index in [1.54, 1.807) is 23.1 Å². The van der Waals surface area contributed by atoms with Crippen molar-refractivity contribution in [1.29, 1.82) is 0 Å². The van der Waals surface area contributed by atoms with Crippen LogP contribution in [-0.4, -0.2) is 71.6 Å². The molecule has 0 bridgehead atoms. The van der Waals surface area contributed by atoms with Crippen LogP contribution in [0.1, 0.15) is 5.56 Å². The maximum Gasteiger partial charge on any atom is 0.405 e. The first-order valence-electron chi connectivity index (χ1n) is 12.1. The first kappa shape index (κ1) is 27.8. The Morgan fingerprint density at radius 1 is 1.20 bits per heavy atom. The minimum Gasteiger partial charge on any atom is -0.345 e. The van der Waals surface area contributed by atoms with Gasteiger partial charge in [-0.25, -0.2) is 22.4 Å². The number of piperazine rings is 1. The predicted octanol–water partition coefficient (Wildman–Crippen LogP) is 3.15. The highest BCUT2D eigenvalue weighted by Crippen LogP contribution is 2.33. The molecule has 40 heavy (non-hydrogen) atoms. The Labute approximate surface area is 232 Å². The quantitative estimate of drug-likeness (QED) is 0.350. The highest BCUT2D eigenvalue weighted by molar-refractivity contribution is 7.90. The van der Waals surface area contributed by atoms with Crippen molar-refractivity contribution in [2.24, 2.45) is 0 Å². The van der Waals surface area contributed by atoms with Gasteiger partial charge in [-0.15, -0.1) is 0 Å². The Kier molecular flexibility index (Phi) is 7.42. The van der Waals surface area contributed by atoms with E-state index in [1.165, 1.54) is 36.9 Å². The number of fused-ring (bicyclic) bond motifs is 1. The van der Waals surface area contributed by atoms with Gasteiger partial charge < -0.3 is 15.5 Å². The van der Waals surface area contributed by atoms with E-state index in [1.807, 2.05) is 12.2 Å². The normalized spacial score (nSPS) is 16.3. The van der Waals surface area contributed by atoms with Crippen LogP contribution < -0.4 is 15.5 Å². The Balaban J connectivity index is 1.56. The molecule has 0 unspecified atom stereocenters. The lowest BCUT2D eigenvalue weighted by molar-refractivity contribution is -0.139. The molecule has 10 nitrogen and oxygen atoms in total. The summed E-state index contributed by atoms with van der Waals surface area (Å²) in [5, 5.41) is 5.59. The van der Waals surface area contributed by atoms with Crippen molar-refractivity contribution in [2.75, 3.05) is 31.1 Å². The van der Waals surface area contributed by atoms with Crippen LogP contribution in [-0.2, 0) is 14.8 Å². The zero-order valence-electron chi connectivity index (χ0n) is 21.0.